The van der Waals surface area contributed by atoms with Gasteiger partial charge in [0.1, 0.15) is 11.8 Å². The molecular weight excluding hydrogens is 206 g/mol. The van der Waals surface area contributed by atoms with Gasteiger partial charge in [0, 0.05) is 11.9 Å². The standard InChI is InChI=1S/C12H13NO3/c14-6-5-13-7-11(15)10-8-16-12-4-2-1-3-9(10)12/h1-4,8,13-14H,5-7H2. The molecule has 2 aromatic rings. The zero-order chi connectivity index (χ0) is 11.4. The average molecular weight is 219 g/mol. The predicted octanol–water partition coefficient (Wildman–Crippen LogP) is 1.20. The Morgan fingerprint density at radius 2 is 2.19 bits per heavy atom. The van der Waals surface area contributed by atoms with Crippen LogP contribution in [0.4, 0.5) is 0 Å². The zero-order valence-corrected chi connectivity index (χ0v) is 8.77. The molecule has 1 aromatic heterocycles. The maximum atomic E-state index is 11.8. The van der Waals surface area contributed by atoms with Crippen molar-refractivity contribution in [3.05, 3.63) is 36.1 Å². The van der Waals surface area contributed by atoms with E-state index in [4.69, 9.17) is 9.52 Å². The van der Waals surface area contributed by atoms with Crippen LogP contribution < -0.4 is 5.32 Å². The Labute approximate surface area is 92.9 Å². The molecular formula is C12H13NO3. The van der Waals surface area contributed by atoms with Crippen LogP contribution in [-0.4, -0.2) is 30.6 Å². The van der Waals surface area contributed by atoms with E-state index >= 15 is 0 Å². The number of furan rings is 1. The predicted molar refractivity (Wildman–Crippen MR) is 60.5 cm³/mol. The van der Waals surface area contributed by atoms with Crippen LogP contribution in [0.15, 0.2) is 34.9 Å². The first-order valence-electron chi connectivity index (χ1n) is 5.14. The molecule has 2 rings (SSSR count). The van der Waals surface area contributed by atoms with Crippen LogP contribution in [0.2, 0.25) is 0 Å². The number of para-hydroxylation sites is 1. The molecule has 0 aliphatic carbocycles. The molecule has 2 N–H and O–H groups in total. The number of Topliss-reactive ketones (excluding diaryl/α,β-unsaturated/α-hetero) is 1. The van der Waals surface area contributed by atoms with Crippen LogP contribution in [0, 0.1) is 0 Å². The number of carbonyl (C=O) groups excluding carboxylic acids is 1. The minimum Gasteiger partial charge on any atom is -0.464 e. The number of aliphatic hydroxyl groups excluding tert-OH is 1. The monoisotopic (exact) mass is 219 g/mol. The molecule has 0 aliphatic heterocycles. The molecule has 84 valence electrons. The summed E-state index contributed by atoms with van der Waals surface area (Å²) in [5, 5.41) is 12.3. The number of carbonyl (C=O) groups is 1. The molecule has 4 heteroatoms. The fourth-order valence-corrected chi connectivity index (χ4v) is 1.57. The minimum atomic E-state index is -0.0293. The van der Waals surface area contributed by atoms with Gasteiger partial charge in [-0.2, -0.15) is 0 Å². The fraction of sp³-hybridized carbons (Fsp3) is 0.250. The van der Waals surface area contributed by atoms with Crippen molar-refractivity contribution < 1.29 is 14.3 Å². The average Bonchev–Trinajstić information content (AvgIpc) is 2.73. The summed E-state index contributed by atoms with van der Waals surface area (Å²) < 4.78 is 5.28. The van der Waals surface area contributed by atoms with Gasteiger partial charge < -0.3 is 14.8 Å². The second kappa shape index (κ2) is 4.92. The lowest BCUT2D eigenvalue weighted by Crippen LogP contribution is -2.25. The summed E-state index contributed by atoms with van der Waals surface area (Å²) in [7, 11) is 0. The Kier molecular flexibility index (Phi) is 3.34. The Morgan fingerprint density at radius 1 is 1.38 bits per heavy atom. The number of rotatable bonds is 5. The second-order valence-corrected chi connectivity index (χ2v) is 3.47. The summed E-state index contributed by atoms with van der Waals surface area (Å²) in [5.41, 5.74) is 1.30. The molecule has 0 spiro atoms. The van der Waals surface area contributed by atoms with Crippen LogP contribution in [0.1, 0.15) is 10.4 Å². The van der Waals surface area contributed by atoms with Gasteiger partial charge >= 0.3 is 0 Å². The van der Waals surface area contributed by atoms with Gasteiger partial charge in [-0.15, -0.1) is 0 Å². The molecule has 0 radical (unpaired) electrons. The van der Waals surface area contributed by atoms with Crippen LogP contribution >= 0.6 is 0 Å². The van der Waals surface area contributed by atoms with Crippen molar-refractivity contribution >= 4 is 16.8 Å². The van der Waals surface area contributed by atoms with Gasteiger partial charge in [0.2, 0.25) is 0 Å². The number of fused-ring (bicyclic) bond motifs is 1. The van der Waals surface area contributed by atoms with Crippen molar-refractivity contribution in [2.45, 2.75) is 0 Å². The highest BCUT2D eigenvalue weighted by molar-refractivity contribution is 6.08. The largest absolute Gasteiger partial charge is 0.464 e. The van der Waals surface area contributed by atoms with Gasteiger partial charge in [0.25, 0.3) is 0 Å². The highest BCUT2D eigenvalue weighted by Gasteiger charge is 2.12. The summed E-state index contributed by atoms with van der Waals surface area (Å²) >= 11 is 0. The Hall–Kier alpha value is -1.65. The summed E-state index contributed by atoms with van der Waals surface area (Å²) in [6, 6.07) is 7.42. The maximum Gasteiger partial charge on any atom is 0.180 e. The molecule has 1 heterocycles. The minimum absolute atomic E-state index is 0.0272. The number of hydrogen-bond donors (Lipinski definition) is 2. The van der Waals surface area contributed by atoms with E-state index in [9.17, 15) is 4.79 Å². The molecule has 0 saturated heterocycles. The molecule has 0 fully saturated rings. The maximum absolute atomic E-state index is 11.8. The van der Waals surface area contributed by atoms with E-state index in [-0.39, 0.29) is 18.9 Å². The second-order valence-electron chi connectivity index (χ2n) is 3.47. The quantitative estimate of drug-likeness (QED) is 0.586. The van der Waals surface area contributed by atoms with Gasteiger partial charge in [0.05, 0.1) is 18.7 Å². The summed E-state index contributed by atoms with van der Waals surface area (Å²) in [4.78, 5) is 11.8. The van der Waals surface area contributed by atoms with Crippen molar-refractivity contribution in [3.8, 4) is 0 Å². The molecule has 0 aliphatic rings. The first-order valence-corrected chi connectivity index (χ1v) is 5.14. The third-order valence-electron chi connectivity index (χ3n) is 2.36. The Morgan fingerprint density at radius 3 is 3.00 bits per heavy atom. The van der Waals surface area contributed by atoms with Crippen LogP contribution in [0.25, 0.3) is 11.0 Å². The molecule has 0 atom stereocenters. The molecule has 0 amide bonds. The van der Waals surface area contributed by atoms with Crippen molar-refractivity contribution in [1.29, 1.82) is 0 Å². The number of benzene rings is 1. The van der Waals surface area contributed by atoms with Crippen LogP contribution in [0.5, 0.6) is 0 Å². The first kappa shape index (κ1) is 10.9. The SMILES string of the molecule is O=C(CNCCO)c1coc2ccccc12. The van der Waals surface area contributed by atoms with Crippen LogP contribution in [0.3, 0.4) is 0 Å². The number of aliphatic hydroxyl groups is 1. The smallest absolute Gasteiger partial charge is 0.180 e. The number of ketones is 1. The first-order chi connectivity index (χ1) is 7.83. The molecule has 0 saturated carbocycles. The van der Waals surface area contributed by atoms with Crippen LogP contribution in [-0.2, 0) is 0 Å². The van der Waals surface area contributed by atoms with Crippen molar-refractivity contribution in [2.24, 2.45) is 0 Å². The highest BCUT2D eigenvalue weighted by atomic mass is 16.3. The highest BCUT2D eigenvalue weighted by Crippen LogP contribution is 2.20. The Bertz CT molecular complexity index is 490. The lowest BCUT2D eigenvalue weighted by atomic mass is 10.1. The Balaban J connectivity index is 2.17. The van der Waals surface area contributed by atoms with E-state index < -0.39 is 0 Å². The van der Waals surface area contributed by atoms with E-state index in [1.54, 1.807) is 0 Å². The summed E-state index contributed by atoms with van der Waals surface area (Å²) in [5.74, 6) is -0.0293. The molecule has 16 heavy (non-hydrogen) atoms. The lowest BCUT2D eigenvalue weighted by Gasteiger charge is -2.00. The normalized spacial score (nSPS) is 10.8. The van der Waals surface area contributed by atoms with Crippen molar-refractivity contribution in [2.75, 3.05) is 19.7 Å². The van der Waals surface area contributed by atoms with E-state index in [1.165, 1.54) is 6.26 Å². The number of hydrogen-bond acceptors (Lipinski definition) is 4. The zero-order valence-electron chi connectivity index (χ0n) is 8.77. The third-order valence-corrected chi connectivity index (χ3v) is 2.36. The van der Waals surface area contributed by atoms with Gasteiger partial charge in [0.15, 0.2) is 5.78 Å². The van der Waals surface area contributed by atoms with Gasteiger partial charge in [-0.1, -0.05) is 18.2 Å². The summed E-state index contributed by atoms with van der Waals surface area (Å²) in [6.45, 7) is 0.658. The van der Waals surface area contributed by atoms with Gasteiger partial charge in [-0.3, -0.25) is 4.79 Å². The topological polar surface area (TPSA) is 62.5 Å². The summed E-state index contributed by atoms with van der Waals surface area (Å²) in [6.07, 6.45) is 1.48. The lowest BCUT2D eigenvalue weighted by molar-refractivity contribution is 0.0990. The van der Waals surface area contributed by atoms with E-state index in [1.807, 2.05) is 24.3 Å². The van der Waals surface area contributed by atoms with Crippen molar-refractivity contribution in [3.63, 3.8) is 0 Å². The molecule has 4 nitrogen and oxygen atoms in total. The van der Waals surface area contributed by atoms with E-state index in [0.717, 1.165) is 5.39 Å². The third kappa shape index (κ3) is 2.13. The fourth-order valence-electron chi connectivity index (χ4n) is 1.57. The molecule has 0 unspecified atom stereocenters. The van der Waals surface area contributed by atoms with E-state index in [2.05, 4.69) is 5.32 Å². The molecule has 0 bridgehead atoms. The van der Waals surface area contributed by atoms with Gasteiger partial charge in [-0.25, -0.2) is 0 Å². The molecule has 1 aromatic carbocycles. The van der Waals surface area contributed by atoms with Gasteiger partial charge in [-0.05, 0) is 6.07 Å². The van der Waals surface area contributed by atoms with Crippen molar-refractivity contribution in [1.82, 2.24) is 5.32 Å². The number of nitrogens with one attached hydrogen (secondary N) is 1. The van der Waals surface area contributed by atoms with E-state index in [0.29, 0.717) is 17.7 Å².